The Morgan fingerprint density at radius 1 is 1.41 bits per heavy atom. The van der Waals surface area contributed by atoms with Gasteiger partial charge in [0, 0.05) is 31.3 Å². The van der Waals surface area contributed by atoms with Gasteiger partial charge in [-0.25, -0.2) is 4.79 Å². The van der Waals surface area contributed by atoms with Crippen molar-refractivity contribution in [3.63, 3.8) is 0 Å². The molecule has 0 aromatic carbocycles. The van der Waals surface area contributed by atoms with Gasteiger partial charge in [-0.3, -0.25) is 9.80 Å². The fourth-order valence-electron chi connectivity index (χ4n) is 3.69. The van der Waals surface area contributed by atoms with Crippen LogP contribution in [0.1, 0.15) is 20.8 Å². The molecule has 3 amide bonds. The zero-order valence-corrected chi connectivity index (χ0v) is 13.6. The van der Waals surface area contributed by atoms with Crippen molar-refractivity contribution in [3.05, 3.63) is 0 Å². The maximum absolute atomic E-state index is 12.4. The van der Waals surface area contributed by atoms with Crippen LogP contribution < -0.4 is 11.5 Å². The number of nitrogens with two attached hydrogens (primary N) is 2. The molecule has 2 rings (SSSR count). The van der Waals surface area contributed by atoms with Crippen LogP contribution in [-0.4, -0.2) is 67.0 Å². The van der Waals surface area contributed by atoms with Gasteiger partial charge in [-0.2, -0.15) is 5.10 Å². The van der Waals surface area contributed by atoms with Crippen LogP contribution in [0.4, 0.5) is 4.79 Å². The fraction of sp³-hybridized carbons (Fsp3) is 0.786. The molecule has 0 radical (unpaired) electrons. The molecule has 1 saturated heterocycles. The van der Waals surface area contributed by atoms with Crippen molar-refractivity contribution in [1.82, 2.24) is 9.91 Å². The molecule has 0 spiro atoms. The Kier molecular flexibility index (Phi) is 4.08. The molecule has 2 heterocycles. The van der Waals surface area contributed by atoms with Gasteiger partial charge in [0.1, 0.15) is 5.41 Å². The Balaban J connectivity index is 2.43. The zero-order valence-electron chi connectivity index (χ0n) is 13.6. The van der Waals surface area contributed by atoms with Gasteiger partial charge in [0.05, 0.1) is 19.2 Å². The van der Waals surface area contributed by atoms with Gasteiger partial charge in [-0.15, -0.1) is 0 Å². The molecule has 2 aliphatic heterocycles. The number of ether oxygens (including phenoxy) is 1. The average Bonchev–Trinajstić information content (AvgIpc) is 2.77. The number of carbonyl (C=O) groups excluding carboxylic acids is 2. The van der Waals surface area contributed by atoms with Crippen molar-refractivity contribution in [2.45, 2.75) is 32.9 Å². The molecule has 3 atom stereocenters. The van der Waals surface area contributed by atoms with Gasteiger partial charge >= 0.3 is 6.03 Å². The molecule has 0 aromatic rings. The Morgan fingerprint density at radius 3 is 2.55 bits per heavy atom. The lowest BCUT2D eigenvalue weighted by atomic mass is 9.61. The molecule has 2 aliphatic rings. The number of amides is 3. The third kappa shape index (κ3) is 2.22. The molecule has 0 saturated carbocycles. The number of rotatable bonds is 4. The summed E-state index contributed by atoms with van der Waals surface area (Å²) in [6.07, 6.45) is 1.62. The molecule has 4 N–H and O–H groups in total. The fourth-order valence-corrected chi connectivity index (χ4v) is 3.69. The van der Waals surface area contributed by atoms with E-state index in [1.165, 1.54) is 0 Å². The van der Waals surface area contributed by atoms with Gasteiger partial charge in [-0.1, -0.05) is 13.8 Å². The smallest absolute Gasteiger partial charge is 0.315 e. The molecule has 8 nitrogen and oxygen atoms in total. The predicted octanol–water partition coefficient (Wildman–Crippen LogP) is -0.416. The average molecular weight is 311 g/mol. The maximum atomic E-state index is 12.4. The highest BCUT2D eigenvalue weighted by atomic mass is 16.5. The number of primary amides is 2. The van der Waals surface area contributed by atoms with E-state index in [0.29, 0.717) is 19.7 Å². The molecule has 0 aliphatic carbocycles. The van der Waals surface area contributed by atoms with Crippen molar-refractivity contribution in [1.29, 1.82) is 0 Å². The largest absolute Gasteiger partial charge is 0.384 e. The highest BCUT2D eigenvalue weighted by Crippen LogP contribution is 2.47. The van der Waals surface area contributed by atoms with Crippen molar-refractivity contribution in [2.75, 3.05) is 26.8 Å². The van der Waals surface area contributed by atoms with E-state index in [1.54, 1.807) is 18.2 Å². The van der Waals surface area contributed by atoms with E-state index < -0.39 is 22.8 Å². The third-order valence-corrected chi connectivity index (χ3v) is 4.96. The van der Waals surface area contributed by atoms with Crippen LogP contribution >= 0.6 is 0 Å². The van der Waals surface area contributed by atoms with E-state index in [-0.39, 0.29) is 12.1 Å². The van der Waals surface area contributed by atoms with Crippen molar-refractivity contribution < 1.29 is 14.3 Å². The molecule has 1 fully saturated rings. The summed E-state index contributed by atoms with van der Waals surface area (Å²) in [7, 11) is 1.58. The van der Waals surface area contributed by atoms with E-state index in [4.69, 9.17) is 16.2 Å². The number of hydrogen-bond donors (Lipinski definition) is 2. The second kappa shape index (κ2) is 5.42. The summed E-state index contributed by atoms with van der Waals surface area (Å²) in [5.74, 6) is -0.468. The molecule has 0 aromatic heterocycles. The van der Waals surface area contributed by atoms with Crippen LogP contribution in [0, 0.1) is 10.8 Å². The lowest BCUT2D eigenvalue weighted by Gasteiger charge is -2.50. The minimum atomic E-state index is -1.02. The highest BCUT2D eigenvalue weighted by molar-refractivity contribution is 6.00. The molecular formula is C14H25N5O3. The van der Waals surface area contributed by atoms with Crippen LogP contribution in [0.3, 0.4) is 0 Å². The van der Waals surface area contributed by atoms with Crippen molar-refractivity contribution in [2.24, 2.45) is 27.4 Å². The number of hydrazone groups is 1. The van der Waals surface area contributed by atoms with E-state index in [1.807, 2.05) is 25.8 Å². The van der Waals surface area contributed by atoms with E-state index >= 15 is 0 Å². The summed E-state index contributed by atoms with van der Waals surface area (Å²) < 4.78 is 5.28. The molecule has 8 heteroatoms. The number of carbonyl (C=O) groups is 2. The standard InChI is InChI=1S/C14H25N5O3/c1-9-5-19-10(6-18(9)12(16)21)14(7-17-19,11(15)20)13(2,3)8-22-4/h7,9-10H,5-6,8H2,1-4H3,(H2,15,20)(H2,16,21). The van der Waals surface area contributed by atoms with E-state index in [0.717, 1.165) is 0 Å². The SMILES string of the molecule is COCC(C)(C)C1(C(N)=O)C=NN2CC(C)N(C(N)=O)CC21. The molecule has 22 heavy (non-hydrogen) atoms. The minimum absolute atomic E-state index is 0.0693. The number of methoxy groups -OCH3 is 1. The lowest BCUT2D eigenvalue weighted by Crippen LogP contribution is -2.67. The number of hydrogen-bond acceptors (Lipinski definition) is 5. The Bertz CT molecular complexity index is 507. The first kappa shape index (κ1) is 16.5. The van der Waals surface area contributed by atoms with Crippen molar-refractivity contribution in [3.8, 4) is 0 Å². The normalized spacial score (nSPS) is 31.3. The Hall–Kier alpha value is -1.83. The van der Waals surface area contributed by atoms with Gasteiger partial charge in [0.15, 0.2) is 0 Å². The minimum Gasteiger partial charge on any atom is -0.384 e. The highest BCUT2D eigenvalue weighted by Gasteiger charge is 2.61. The van der Waals surface area contributed by atoms with E-state index in [9.17, 15) is 9.59 Å². The number of urea groups is 1. The molecule has 0 bridgehead atoms. The number of piperazine rings is 1. The van der Waals surface area contributed by atoms with Crippen LogP contribution in [-0.2, 0) is 9.53 Å². The Morgan fingerprint density at radius 2 is 2.05 bits per heavy atom. The third-order valence-electron chi connectivity index (χ3n) is 4.96. The molecule has 3 unspecified atom stereocenters. The van der Waals surface area contributed by atoms with Crippen LogP contribution in [0.5, 0.6) is 0 Å². The maximum Gasteiger partial charge on any atom is 0.315 e. The summed E-state index contributed by atoms with van der Waals surface area (Å²) >= 11 is 0. The first-order valence-electron chi connectivity index (χ1n) is 7.34. The van der Waals surface area contributed by atoms with E-state index in [2.05, 4.69) is 5.10 Å². The molecular weight excluding hydrogens is 286 g/mol. The van der Waals surface area contributed by atoms with Gasteiger partial charge in [0.25, 0.3) is 0 Å². The van der Waals surface area contributed by atoms with Gasteiger partial charge in [0.2, 0.25) is 5.91 Å². The molecule has 124 valence electrons. The van der Waals surface area contributed by atoms with Crippen LogP contribution in [0.25, 0.3) is 0 Å². The lowest BCUT2D eigenvalue weighted by molar-refractivity contribution is -0.137. The summed E-state index contributed by atoms with van der Waals surface area (Å²) in [5, 5.41) is 6.24. The summed E-state index contributed by atoms with van der Waals surface area (Å²) in [5.41, 5.74) is 9.64. The van der Waals surface area contributed by atoms with Crippen LogP contribution in [0.15, 0.2) is 5.10 Å². The zero-order chi connectivity index (χ0) is 16.7. The number of fused-ring (bicyclic) bond motifs is 1. The summed E-state index contributed by atoms with van der Waals surface area (Å²) in [6, 6.07) is -0.902. The summed E-state index contributed by atoms with van der Waals surface area (Å²) in [6.45, 7) is 6.92. The quantitative estimate of drug-likeness (QED) is 0.734. The monoisotopic (exact) mass is 311 g/mol. The second-order valence-corrected chi connectivity index (χ2v) is 6.77. The van der Waals surface area contributed by atoms with Gasteiger partial charge < -0.3 is 21.1 Å². The van der Waals surface area contributed by atoms with Crippen molar-refractivity contribution >= 4 is 18.2 Å². The van der Waals surface area contributed by atoms with Crippen LogP contribution in [0.2, 0.25) is 0 Å². The number of nitrogens with zero attached hydrogens (tertiary/aromatic N) is 3. The Labute approximate surface area is 130 Å². The predicted molar refractivity (Wildman–Crippen MR) is 82.0 cm³/mol. The first-order chi connectivity index (χ1) is 10.2. The first-order valence-corrected chi connectivity index (χ1v) is 7.34. The second-order valence-electron chi connectivity index (χ2n) is 6.77. The topological polar surface area (TPSA) is 114 Å². The summed E-state index contributed by atoms with van der Waals surface area (Å²) in [4.78, 5) is 25.6. The van der Waals surface area contributed by atoms with Gasteiger partial charge in [-0.05, 0) is 6.92 Å².